The predicted molar refractivity (Wildman–Crippen MR) is 105 cm³/mol. The van der Waals surface area contributed by atoms with Crippen LogP contribution < -0.4 is 4.74 Å². The van der Waals surface area contributed by atoms with Gasteiger partial charge in [0.05, 0.1) is 18.1 Å². The van der Waals surface area contributed by atoms with E-state index in [2.05, 4.69) is 63.0 Å². The molecule has 0 spiro atoms. The van der Waals surface area contributed by atoms with Crippen LogP contribution in [-0.4, -0.2) is 16.7 Å². The lowest BCUT2D eigenvalue weighted by Crippen LogP contribution is -2.02. The molecule has 0 saturated carbocycles. The molecule has 3 nitrogen and oxygen atoms in total. The molecule has 4 aromatic rings. The summed E-state index contributed by atoms with van der Waals surface area (Å²) in [7, 11) is 1.68. The molecular formula is C21H17BrN2O. The van der Waals surface area contributed by atoms with Gasteiger partial charge >= 0.3 is 0 Å². The van der Waals surface area contributed by atoms with E-state index in [-0.39, 0.29) is 0 Å². The van der Waals surface area contributed by atoms with Crippen molar-refractivity contribution in [1.29, 1.82) is 0 Å². The molecule has 0 amide bonds. The summed E-state index contributed by atoms with van der Waals surface area (Å²) in [4.78, 5) is 4.87. The third kappa shape index (κ3) is 3.17. The minimum absolute atomic E-state index is 0.760. The molecule has 25 heavy (non-hydrogen) atoms. The molecule has 0 bridgehead atoms. The summed E-state index contributed by atoms with van der Waals surface area (Å²) in [6.45, 7) is 0.760. The van der Waals surface area contributed by atoms with Gasteiger partial charge in [-0.15, -0.1) is 0 Å². The molecule has 1 aromatic heterocycles. The molecule has 0 fully saturated rings. The highest BCUT2D eigenvalue weighted by atomic mass is 79.9. The lowest BCUT2D eigenvalue weighted by Gasteiger charge is -2.10. The van der Waals surface area contributed by atoms with Gasteiger partial charge in [0.25, 0.3) is 0 Å². The van der Waals surface area contributed by atoms with Crippen LogP contribution in [0.25, 0.3) is 22.4 Å². The number of para-hydroxylation sites is 2. The van der Waals surface area contributed by atoms with Crippen LogP contribution in [-0.2, 0) is 6.54 Å². The Hall–Kier alpha value is -2.59. The number of halogens is 1. The quantitative estimate of drug-likeness (QED) is 0.456. The Morgan fingerprint density at radius 3 is 2.36 bits per heavy atom. The monoisotopic (exact) mass is 392 g/mol. The fraction of sp³-hybridized carbons (Fsp3) is 0.0952. The highest BCUT2D eigenvalue weighted by Crippen LogP contribution is 2.27. The first kappa shape index (κ1) is 15.9. The number of benzene rings is 3. The Balaban J connectivity index is 1.82. The van der Waals surface area contributed by atoms with E-state index < -0.39 is 0 Å². The molecule has 0 radical (unpaired) electrons. The van der Waals surface area contributed by atoms with Gasteiger partial charge in [0, 0.05) is 16.6 Å². The van der Waals surface area contributed by atoms with Crippen LogP contribution in [0.1, 0.15) is 5.56 Å². The molecular weight excluding hydrogens is 376 g/mol. The van der Waals surface area contributed by atoms with Gasteiger partial charge in [-0.05, 0) is 42.0 Å². The van der Waals surface area contributed by atoms with Crippen molar-refractivity contribution in [3.05, 3.63) is 82.8 Å². The second-order valence-electron chi connectivity index (χ2n) is 5.87. The highest BCUT2D eigenvalue weighted by Gasteiger charge is 2.12. The zero-order chi connectivity index (χ0) is 17.2. The van der Waals surface area contributed by atoms with Crippen LogP contribution in [0.4, 0.5) is 0 Å². The number of aromatic nitrogens is 2. The molecule has 0 atom stereocenters. The summed E-state index contributed by atoms with van der Waals surface area (Å²) in [6, 6.07) is 24.7. The molecule has 124 valence electrons. The van der Waals surface area contributed by atoms with Crippen LogP contribution >= 0.6 is 15.9 Å². The Morgan fingerprint density at radius 2 is 1.64 bits per heavy atom. The molecule has 0 N–H and O–H groups in total. The highest BCUT2D eigenvalue weighted by molar-refractivity contribution is 9.10. The Morgan fingerprint density at radius 1 is 0.920 bits per heavy atom. The van der Waals surface area contributed by atoms with Gasteiger partial charge in [-0.25, -0.2) is 4.98 Å². The zero-order valence-corrected chi connectivity index (χ0v) is 15.4. The van der Waals surface area contributed by atoms with E-state index in [1.165, 1.54) is 5.56 Å². The van der Waals surface area contributed by atoms with E-state index >= 15 is 0 Å². The molecule has 3 aromatic carbocycles. The Kier molecular flexibility index (Phi) is 4.28. The minimum atomic E-state index is 0.760. The van der Waals surface area contributed by atoms with Gasteiger partial charge in [-0.1, -0.05) is 52.3 Å². The summed E-state index contributed by atoms with van der Waals surface area (Å²) in [6.07, 6.45) is 0. The molecule has 0 saturated heterocycles. The van der Waals surface area contributed by atoms with Crippen molar-refractivity contribution in [2.45, 2.75) is 6.54 Å². The van der Waals surface area contributed by atoms with Crippen LogP contribution in [0.3, 0.4) is 0 Å². The average molecular weight is 393 g/mol. The molecule has 0 aliphatic heterocycles. The van der Waals surface area contributed by atoms with Crippen molar-refractivity contribution in [1.82, 2.24) is 9.55 Å². The van der Waals surface area contributed by atoms with Crippen LogP contribution in [0.15, 0.2) is 77.3 Å². The van der Waals surface area contributed by atoms with Crippen molar-refractivity contribution in [3.8, 4) is 17.1 Å². The van der Waals surface area contributed by atoms with E-state index in [9.17, 15) is 0 Å². The van der Waals surface area contributed by atoms with Crippen LogP contribution in [0.5, 0.6) is 5.75 Å². The molecule has 1 heterocycles. The van der Waals surface area contributed by atoms with Gasteiger partial charge in [0.1, 0.15) is 11.6 Å². The van der Waals surface area contributed by atoms with Crippen LogP contribution in [0.2, 0.25) is 0 Å². The van der Waals surface area contributed by atoms with E-state index in [4.69, 9.17) is 9.72 Å². The fourth-order valence-electron chi connectivity index (χ4n) is 2.97. The van der Waals surface area contributed by atoms with Crippen molar-refractivity contribution in [2.75, 3.05) is 7.11 Å². The number of rotatable bonds is 4. The van der Waals surface area contributed by atoms with E-state index in [1.54, 1.807) is 7.11 Å². The molecule has 0 aliphatic carbocycles. The largest absolute Gasteiger partial charge is 0.497 e. The third-order valence-electron chi connectivity index (χ3n) is 4.26. The maximum atomic E-state index is 5.26. The normalized spacial score (nSPS) is 11.0. The maximum absolute atomic E-state index is 5.26. The predicted octanol–water partition coefficient (Wildman–Crippen LogP) is 5.52. The SMILES string of the molecule is COc1ccc(Cn2c(-c3ccc(Br)cc3)nc3ccccc32)cc1. The van der Waals surface area contributed by atoms with Gasteiger partial charge in [-0.2, -0.15) is 0 Å². The van der Waals surface area contributed by atoms with Crippen molar-refractivity contribution in [2.24, 2.45) is 0 Å². The zero-order valence-electron chi connectivity index (χ0n) is 13.8. The van der Waals surface area contributed by atoms with Gasteiger partial charge in [-0.3, -0.25) is 0 Å². The van der Waals surface area contributed by atoms with Gasteiger partial charge < -0.3 is 9.30 Å². The average Bonchev–Trinajstić information content (AvgIpc) is 3.02. The second-order valence-corrected chi connectivity index (χ2v) is 6.78. The Labute approximate surface area is 155 Å². The molecule has 0 aliphatic rings. The first-order chi connectivity index (χ1) is 12.2. The van der Waals surface area contributed by atoms with Crippen molar-refractivity contribution < 1.29 is 4.74 Å². The van der Waals surface area contributed by atoms with Gasteiger partial charge in [0.15, 0.2) is 0 Å². The minimum Gasteiger partial charge on any atom is -0.497 e. The first-order valence-electron chi connectivity index (χ1n) is 8.09. The fourth-order valence-corrected chi connectivity index (χ4v) is 3.23. The third-order valence-corrected chi connectivity index (χ3v) is 4.79. The van der Waals surface area contributed by atoms with Gasteiger partial charge in [0.2, 0.25) is 0 Å². The van der Waals surface area contributed by atoms with E-state index in [0.717, 1.165) is 39.2 Å². The molecule has 0 unspecified atom stereocenters. The summed E-state index contributed by atoms with van der Waals surface area (Å²) >= 11 is 3.50. The number of ether oxygens (including phenoxy) is 1. The van der Waals surface area contributed by atoms with Crippen LogP contribution in [0, 0.1) is 0 Å². The smallest absolute Gasteiger partial charge is 0.141 e. The number of methoxy groups -OCH3 is 1. The topological polar surface area (TPSA) is 27.1 Å². The lowest BCUT2D eigenvalue weighted by molar-refractivity contribution is 0.414. The summed E-state index contributed by atoms with van der Waals surface area (Å²) in [5.74, 6) is 1.84. The van der Waals surface area contributed by atoms with Crippen molar-refractivity contribution >= 4 is 27.0 Å². The lowest BCUT2D eigenvalue weighted by atomic mass is 10.2. The van der Waals surface area contributed by atoms with E-state index in [0.29, 0.717) is 0 Å². The van der Waals surface area contributed by atoms with E-state index in [1.807, 2.05) is 30.3 Å². The summed E-state index contributed by atoms with van der Waals surface area (Å²) < 4.78 is 8.58. The maximum Gasteiger partial charge on any atom is 0.141 e. The summed E-state index contributed by atoms with van der Waals surface area (Å²) in [5, 5.41) is 0. The number of nitrogens with zero attached hydrogens (tertiary/aromatic N) is 2. The number of imidazole rings is 1. The summed E-state index contributed by atoms with van der Waals surface area (Å²) in [5.41, 5.74) is 4.46. The Bertz CT molecular complexity index is 1000. The standard InChI is InChI=1S/C21H17BrN2O/c1-25-18-12-6-15(7-13-18)14-24-20-5-3-2-4-19(20)23-21(24)16-8-10-17(22)11-9-16/h2-13H,14H2,1H3. The number of hydrogen-bond acceptors (Lipinski definition) is 2. The molecule has 4 rings (SSSR count). The van der Waals surface area contributed by atoms with Crippen molar-refractivity contribution in [3.63, 3.8) is 0 Å². The molecule has 4 heteroatoms. The number of hydrogen-bond donors (Lipinski definition) is 0. The second kappa shape index (κ2) is 6.73. The first-order valence-corrected chi connectivity index (χ1v) is 8.88. The number of fused-ring (bicyclic) bond motifs is 1.